The second-order valence-electron chi connectivity index (χ2n) is 4.07. The third-order valence-corrected chi connectivity index (χ3v) is 2.96. The van der Waals surface area contributed by atoms with E-state index in [-0.39, 0.29) is 0 Å². The summed E-state index contributed by atoms with van der Waals surface area (Å²) in [5.74, 6) is 0. The van der Waals surface area contributed by atoms with E-state index in [1.165, 1.54) is 12.0 Å². The summed E-state index contributed by atoms with van der Waals surface area (Å²) in [4.78, 5) is 0. The second kappa shape index (κ2) is 8.60. The van der Waals surface area contributed by atoms with Crippen LogP contribution in [0.25, 0.3) is 0 Å². The SMILES string of the molecule is CCCC(Cl)CCCOCc1ccccc1. The number of ether oxygens (including phenoxy) is 1. The van der Waals surface area contributed by atoms with Crippen molar-refractivity contribution in [1.82, 2.24) is 0 Å². The van der Waals surface area contributed by atoms with Crippen LogP contribution in [0.1, 0.15) is 38.2 Å². The van der Waals surface area contributed by atoms with Gasteiger partial charge in [0.2, 0.25) is 0 Å². The first-order valence-corrected chi connectivity index (χ1v) is 6.52. The quantitative estimate of drug-likeness (QED) is 0.484. The molecule has 0 fully saturated rings. The van der Waals surface area contributed by atoms with Gasteiger partial charge in [0.05, 0.1) is 6.61 Å². The first kappa shape index (κ1) is 13.5. The molecule has 1 nitrogen and oxygen atoms in total. The Kier molecular flexibility index (Phi) is 7.28. The minimum Gasteiger partial charge on any atom is -0.377 e. The van der Waals surface area contributed by atoms with Crippen molar-refractivity contribution < 1.29 is 4.74 Å². The molecule has 0 heterocycles. The van der Waals surface area contributed by atoms with Gasteiger partial charge < -0.3 is 4.74 Å². The third-order valence-electron chi connectivity index (χ3n) is 2.52. The highest BCUT2D eigenvalue weighted by Gasteiger charge is 2.02. The molecule has 0 spiro atoms. The highest BCUT2D eigenvalue weighted by molar-refractivity contribution is 6.20. The molecule has 0 bridgehead atoms. The molecule has 0 aromatic heterocycles. The number of benzene rings is 1. The molecular weight excluding hydrogens is 220 g/mol. The van der Waals surface area contributed by atoms with Crippen LogP contribution in [-0.2, 0) is 11.3 Å². The van der Waals surface area contributed by atoms with Gasteiger partial charge in [-0.2, -0.15) is 0 Å². The molecule has 2 heteroatoms. The summed E-state index contributed by atoms with van der Waals surface area (Å²) in [7, 11) is 0. The fourth-order valence-electron chi connectivity index (χ4n) is 1.63. The van der Waals surface area contributed by atoms with Gasteiger partial charge in [-0.1, -0.05) is 43.7 Å². The Bertz CT molecular complexity index is 261. The van der Waals surface area contributed by atoms with Crippen molar-refractivity contribution in [3.05, 3.63) is 35.9 Å². The number of hydrogen-bond acceptors (Lipinski definition) is 1. The van der Waals surface area contributed by atoms with Crippen LogP contribution in [0.5, 0.6) is 0 Å². The Morgan fingerprint density at radius 2 is 1.94 bits per heavy atom. The highest BCUT2D eigenvalue weighted by atomic mass is 35.5. The minimum absolute atomic E-state index is 0.324. The zero-order valence-electron chi connectivity index (χ0n) is 9.99. The van der Waals surface area contributed by atoms with Crippen LogP contribution in [0.2, 0.25) is 0 Å². The molecule has 0 aliphatic rings. The molecule has 1 atom stereocenters. The van der Waals surface area contributed by atoms with Crippen molar-refractivity contribution in [2.24, 2.45) is 0 Å². The summed E-state index contributed by atoms with van der Waals surface area (Å²) in [5, 5.41) is 0.324. The average molecular weight is 241 g/mol. The van der Waals surface area contributed by atoms with Crippen molar-refractivity contribution in [3.8, 4) is 0 Å². The first-order chi connectivity index (χ1) is 7.83. The molecule has 0 aliphatic heterocycles. The van der Waals surface area contributed by atoms with Gasteiger partial charge in [0.25, 0.3) is 0 Å². The fraction of sp³-hybridized carbons (Fsp3) is 0.571. The zero-order valence-corrected chi connectivity index (χ0v) is 10.7. The third kappa shape index (κ3) is 6.14. The lowest BCUT2D eigenvalue weighted by Gasteiger charge is -2.08. The van der Waals surface area contributed by atoms with E-state index in [0.29, 0.717) is 12.0 Å². The van der Waals surface area contributed by atoms with Crippen LogP contribution >= 0.6 is 11.6 Å². The summed E-state index contributed by atoms with van der Waals surface area (Å²) in [6, 6.07) is 10.3. The van der Waals surface area contributed by atoms with Gasteiger partial charge in [-0.15, -0.1) is 11.6 Å². The van der Waals surface area contributed by atoms with E-state index >= 15 is 0 Å². The van der Waals surface area contributed by atoms with Gasteiger partial charge in [0, 0.05) is 12.0 Å². The Hall–Kier alpha value is -0.530. The van der Waals surface area contributed by atoms with Crippen molar-refractivity contribution in [2.75, 3.05) is 6.61 Å². The summed E-state index contributed by atoms with van der Waals surface area (Å²) in [6.45, 7) is 3.69. The van der Waals surface area contributed by atoms with E-state index in [9.17, 15) is 0 Å². The molecule has 1 aromatic carbocycles. The molecule has 0 N–H and O–H groups in total. The predicted molar refractivity (Wildman–Crippen MR) is 69.9 cm³/mol. The van der Waals surface area contributed by atoms with E-state index in [1.54, 1.807) is 0 Å². The maximum atomic E-state index is 6.12. The maximum Gasteiger partial charge on any atom is 0.0716 e. The Labute approximate surface area is 104 Å². The van der Waals surface area contributed by atoms with Crippen molar-refractivity contribution in [1.29, 1.82) is 0 Å². The molecule has 0 aliphatic carbocycles. The van der Waals surface area contributed by atoms with Gasteiger partial charge in [-0.25, -0.2) is 0 Å². The number of halogens is 1. The standard InChI is InChI=1S/C14H21ClO/c1-2-7-14(15)10-6-11-16-12-13-8-4-3-5-9-13/h3-5,8-9,14H,2,6-7,10-12H2,1H3. The van der Waals surface area contributed by atoms with Gasteiger partial charge in [0.15, 0.2) is 0 Å². The molecule has 1 unspecified atom stereocenters. The normalized spacial score (nSPS) is 12.6. The lowest BCUT2D eigenvalue weighted by Crippen LogP contribution is -2.01. The summed E-state index contributed by atoms with van der Waals surface area (Å²) < 4.78 is 5.59. The summed E-state index contributed by atoms with van der Waals surface area (Å²) in [6.07, 6.45) is 4.39. The topological polar surface area (TPSA) is 9.23 Å². The number of alkyl halides is 1. The summed E-state index contributed by atoms with van der Waals surface area (Å²) >= 11 is 6.12. The van der Waals surface area contributed by atoms with Gasteiger partial charge in [-0.05, 0) is 24.8 Å². The van der Waals surface area contributed by atoms with Crippen molar-refractivity contribution in [2.45, 2.75) is 44.6 Å². The van der Waals surface area contributed by atoms with E-state index in [0.717, 1.165) is 25.9 Å². The molecule has 1 rings (SSSR count). The van der Waals surface area contributed by atoms with Gasteiger partial charge in [-0.3, -0.25) is 0 Å². The van der Waals surface area contributed by atoms with Gasteiger partial charge >= 0.3 is 0 Å². The van der Waals surface area contributed by atoms with Crippen LogP contribution in [0.4, 0.5) is 0 Å². The van der Waals surface area contributed by atoms with E-state index in [2.05, 4.69) is 19.1 Å². The lowest BCUT2D eigenvalue weighted by atomic mass is 10.1. The predicted octanol–water partition coefficient (Wildman–Crippen LogP) is 4.39. The molecule has 1 aromatic rings. The Balaban J connectivity index is 2.00. The first-order valence-electron chi connectivity index (χ1n) is 6.08. The number of hydrogen-bond donors (Lipinski definition) is 0. The monoisotopic (exact) mass is 240 g/mol. The Morgan fingerprint density at radius 1 is 1.19 bits per heavy atom. The van der Waals surface area contributed by atoms with Crippen LogP contribution in [-0.4, -0.2) is 12.0 Å². The van der Waals surface area contributed by atoms with E-state index < -0.39 is 0 Å². The maximum absolute atomic E-state index is 6.12. The zero-order chi connectivity index (χ0) is 11.6. The van der Waals surface area contributed by atoms with Crippen LogP contribution in [0, 0.1) is 0 Å². The van der Waals surface area contributed by atoms with E-state index in [4.69, 9.17) is 16.3 Å². The van der Waals surface area contributed by atoms with E-state index in [1.807, 2.05) is 18.2 Å². The molecule has 0 amide bonds. The molecule has 90 valence electrons. The molecule has 0 saturated heterocycles. The smallest absolute Gasteiger partial charge is 0.0716 e. The van der Waals surface area contributed by atoms with Crippen LogP contribution < -0.4 is 0 Å². The van der Waals surface area contributed by atoms with Crippen molar-refractivity contribution in [3.63, 3.8) is 0 Å². The lowest BCUT2D eigenvalue weighted by molar-refractivity contribution is 0.117. The fourth-order valence-corrected chi connectivity index (χ4v) is 2.00. The minimum atomic E-state index is 0.324. The second-order valence-corrected chi connectivity index (χ2v) is 4.68. The average Bonchev–Trinajstić information content (AvgIpc) is 2.30. The van der Waals surface area contributed by atoms with Crippen LogP contribution in [0.15, 0.2) is 30.3 Å². The highest BCUT2D eigenvalue weighted by Crippen LogP contribution is 2.12. The Morgan fingerprint density at radius 3 is 2.62 bits per heavy atom. The number of rotatable bonds is 8. The molecule has 16 heavy (non-hydrogen) atoms. The molecule has 0 saturated carbocycles. The molecule has 0 radical (unpaired) electrons. The van der Waals surface area contributed by atoms with Gasteiger partial charge in [0.1, 0.15) is 0 Å². The largest absolute Gasteiger partial charge is 0.377 e. The van der Waals surface area contributed by atoms with Crippen LogP contribution in [0.3, 0.4) is 0 Å². The summed E-state index contributed by atoms with van der Waals surface area (Å²) in [5.41, 5.74) is 1.23. The molecular formula is C14H21ClO. The van der Waals surface area contributed by atoms with Crippen molar-refractivity contribution >= 4 is 11.6 Å².